The smallest absolute Gasteiger partial charge is 0.0681 e. The fraction of sp³-hybridized carbons (Fsp3) is 0.429. The summed E-state index contributed by atoms with van der Waals surface area (Å²) >= 11 is 0. The predicted molar refractivity (Wildman–Crippen MR) is 66.7 cm³/mol. The Morgan fingerprint density at radius 1 is 1.31 bits per heavy atom. The van der Waals surface area contributed by atoms with E-state index in [1.54, 1.807) is 0 Å². The molecule has 0 amide bonds. The molecule has 0 heterocycles. The summed E-state index contributed by atoms with van der Waals surface area (Å²) in [4.78, 5) is 0. The van der Waals surface area contributed by atoms with Crippen molar-refractivity contribution in [3.63, 3.8) is 0 Å². The molecule has 0 aliphatic rings. The minimum absolute atomic E-state index is 0.0996. The predicted octanol–water partition coefficient (Wildman–Crippen LogP) is 2.07. The first-order valence-electron chi connectivity index (χ1n) is 5.65. The molecule has 1 unspecified atom stereocenters. The maximum Gasteiger partial charge on any atom is 0.0681 e. The largest absolute Gasteiger partial charge is 0.392 e. The second-order valence-electron chi connectivity index (χ2n) is 3.87. The van der Waals surface area contributed by atoms with Gasteiger partial charge < -0.3 is 10.4 Å². The molecule has 1 aromatic rings. The normalized spacial score (nSPS) is 12.1. The molecule has 1 aromatic carbocycles. The van der Waals surface area contributed by atoms with Crippen LogP contribution in [-0.2, 0) is 13.2 Å². The van der Waals surface area contributed by atoms with E-state index in [1.807, 2.05) is 24.3 Å². The zero-order chi connectivity index (χ0) is 11.8. The van der Waals surface area contributed by atoms with Crippen LogP contribution in [-0.4, -0.2) is 11.1 Å². The highest BCUT2D eigenvalue weighted by atomic mass is 16.3. The Balaban J connectivity index is 2.44. The Bertz CT molecular complexity index is 337. The van der Waals surface area contributed by atoms with Crippen LogP contribution in [0.4, 0.5) is 0 Å². The van der Waals surface area contributed by atoms with Crippen LogP contribution in [0.25, 0.3) is 0 Å². The standard InChI is InChI=1S/C14H19NO/c1-3-5-14(4-2)15-10-12-6-8-13(11-16)9-7-12/h1,6-9,14-16H,4-5,10-11H2,2H3. The van der Waals surface area contributed by atoms with Crippen LogP contribution in [0.15, 0.2) is 24.3 Å². The van der Waals surface area contributed by atoms with Crippen LogP contribution in [0.1, 0.15) is 30.9 Å². The number of nitrogens with one attached hydrogen (secondary N) is 1. The monoisotopic (exact) mass is 217 g/mol. The number of hydrogen-bond donors (Lipinski definition) is 2. The van der Waals surface area contributed by atoms with Gasteiger partial charge in [-0.05, 0) is 17.5 Å². The lowest BCUT2D eigenvalue weighted by Gasteiger charge is -2.14. The Morgan fingerprint density at radius 2 is 1.94 bits per heavy atom. The third kappa shape index (κ3) is 4.06. The molecule has 0 aliphatic carbocycles. The number of hydrogen-bond acceptors (Lipinski definition) is 2. The Morgan fingerprint density at radius 3 is 2.44 bits per heavy atom. The molecule has 16 heavy (non-hydrogen) atoms. The molecule has 2 N–H and O–H groups in total. The van der Waals surface area contributed by atoms with Gasteiger partial charge in [0.05, 0.1) is 6.61 Å². The summed E-state index contributed by atoms with van der Waals surface area (Å²) in [5.41, 5.74) is 2.16. The van der Waals surface area contributed by atoms with E-state index < -0.39 is 0 Å². The molecule has 2 nitrogen and oxygen atoms in total. The molecule has 0 aliphatic heterocycles. The van der Waals surface area contributed by atoms with Crippen LogP contribution in [0.2, 0.25) is 0 Å². The summed E-state index contributed by atoms with van der Waals surface area (Å²) in [5, 5.41) is 12.3. The van der Waals surface area contributed by atoms with E-state index in [1.165, 1.54) is 5.56 Å². The van der Waals surface area contributed by atoms with Gasteiger partial charge in [0.25, 0.3) is 0 Å². The molecule has 0 bridgehead atoms. The second-order valence-corrected chi connectivity index (χ2v) is 3.87. The van der Waals surface area contributed by atoms with Gasteiger partial charge >= 0.3 is 0 Å². The molecule has 2 heteroatoms. The summed E-state index contributed by atoms with van der Waals surface area (Å²) in [6.45, 7) is 3.05. The van der Waals surface area contributed by atoms with Gasteiger partial charge in [-0.15, -0.1) is 12.3 Å². The van der Waals surface area contributed by atoms with Crippen molar-refractivity contribution in [1.82, 2.24) is 5.32 Å². The first kappa shape index (κ1) is 12.8. The maximum absolute atomic E-state index is 8.92. The molecule has 1 atom stereocenters. The van der Waals surface area contributed by atoms with Gasteiger partial charge in [0.1, 0.15) is 0 Å². The van der Waals surface area contributed by atoms with Gasteiger partial charge in [-0.1, -0.05) is 31.2 Å². The Labute approximate surface area is 97.7 Å². The van der Waals surface area contributed by atoms with E-state index in [-0.39, 0.29) is 6.61 Å². The molecule has 0 aromatic heterocycles. The third-order valence-electron chi connectivity index (χ3n) is 2.66. The fourth-order valence-corrected chi connectivity index (χ4v) is 1.53. The molecule has 0 saturated heterocycles. The molecule has 0 radical (unpaired) electrons. The van der Waals surface area contributed by atoms with E-state index in [2.05, 4.69) is 18.2 Å². The summed E-state index contributed by atoms with van der Waals surface area (Å²) in [6.07, 6.45) is 7.10. The van der Waals surface area contributed by atoms with Crippen LogP contribution in [0.5, 0.6) is 0 Å². The average molecular weight is 217 g/mol. The highest BCUT2D eigenvalue weighted by Crippen LogP contribution is 2.05. The van der Waals surface area contributed by atoms with Crippen molar-refractivity contribution in [2.75, 3.05) is 0 Å². The first-order valence-corrected chi connectivity index (χ1v) is 5.65. The number of benzene rings is 1. The molecule has 1 rings (SSSR count). The highest BCUT2D eigenvalue weighted by Gasteiger charge is 2.03. The van der Waals surface area contributed by atoms with Crippen molar-refractivity contribution in [1.29, 1.82) is 0 Å². The van der Waals surface area contributed by atoms with E-state index in [9.17, 15) is 0 Å². The number of aliphatic hydroxyl groups excluding tert-OH is 1. The molecular weight excluding hydrogens is 198 g/mol. The van der Waals surface area contributed by atoms with Gasteiger partial charge in [-0.2, -0.15) is 0 Å². The van der Waals surface area contributed by atoms with E-state index in [4.69, 9.17) is 11.5 Å². The van der Waals surface area contributed by atoms with Gasteiger partial charge in [0.2, 0.25) is 0 Å². The SMILES string of the molecule is C#CCC(CC)NCc1ccc(CO)cc1. The number of aliphatic hydroxyl groups is 1. The summed E-state index contributed by atoms with van der Waals surface area (Å²) in [5.74, 6) is 2.68. The zero-order valence-corrected chi connectivity index (χ0v) is 9.74. The van der Waals surface area contributed by atoms with Crippen LogP contribution in [0.3, 0.4) is 0 Å². The topological polar surface area (TPSA) is 32.3 Å². The summed E-state index contributed by atoms with van der Waals surface area (Å²) in [6, 6.07) is 8.34. The number of rotatable bonds is 6. The maximum atomic E-state index is 8.92. The quantitative estimate of drug-likeness (QED) is 0.715. The van der Waals surface area contributed by atoms with Crippen molar-refractivity contribution in [3.05, 3.63) is 35.4 Å². The van der Waals surface area contributed by atoms with Crippen molar-refractivity contribution in [2.24, 2.45) is 0 Å². The van der Waals surface area contributed by atoms with Gasteiger partial charge in [0, 0.05) is 19.0 Å². The van der Waals surface area contributed by atoms with E-state index >= 15 is 0 Å². The fourth-order valence-electron chi connectivity index (χ4n) is 1.53. The van der Waals surface area contributed by atoms with Crippen LogP contribution in [0, 0.1) is 12.3 Å². The molecule has 86 valence electrons. The van der Waals surface area contributed by atoms with Crippen molar-refractivity contribution < 1.29 is 5.11 Å². The lowest BCUT2D eigenvalue weighted by molar-refractivity contribution is 0.282. The third-order valence-corrected chi connectivity index (χ3v) is 2.66. The Hall–Kier alpha value is -1.30. The van der Waals surface area contributed by atoms with Crippen molar-refractivity contribution >= 4 is 0 Å². The first-order chi connectivity index (χ1) is 7.80. The summed E-state index contributed by atoms with van der Waals surface area (Å²) in [7, 11) is 0. The molecule has 0 saturated carbocycles. The average Bonchev–Trinajstić information content (AvgIpc) is 2.35. The van der Waals surface area contributed by atoms with Crippen LogP contribution >= 0.6 is 0 Å². The lowest BCUT2D eigenvalue weighted by Crippen LogP contribution is -2.27. The van der Waals surface area contributed by atoms with Gasteiger partial charge in [0.15, 0.2) is 0 Å². The van der Waals surface area contributed by atoms with E-state index in [0.717, 1.165) is 24.9 Å². The Kier molecular flexibility index (Phi) is 5.63. The van der Waals surface area contributed by atoms with Gasteiger partial charge in [-0.25, -0.2) is 0 Å². The van der Waals surface area contributed by atoms with Crippen LogP contribution < -0.4 is 5.32 Å². The molecular formula is C14H19NO. The molecule has 0 fully saturated rings. The van der Waals surface area contributed by atoms with Gasteiger partial charge in [-0.3, -0.25) is 0 Å². The molecule has 0 spiro atoms. The summed E-state index contributed by atoms with van der Waals surface area (Å²) < 4.78 is 0. The minimum Gasteiger partial charge on any atom is -0.392 e. The zero-order valence-electron chi connectivity index (χ0n) is 9.74. The second kappa shape index (κ2) is 7.05. The van der Waals surface area contributed by atoms with Crippen molar-refractivity contribution in [3.8, 4) is 12.3 Å². The minimum atomic E-state index is 0.0996. The lowest BCUT2D eigenvalue weighted by atomic mass is 10.1. The van der Waals surface area contributed by atoms with E-state index in [0.29, 0.717) is 6.04 Å². The van der Waals surface area contributed by atoms with Crippen molar-refractivity contribution in [2.45, 2.75) is 39.0 Å². The highest BCUT2D eigenvalue weighted by molar-refractivity contribution is 5.21. The number of terminal acetylenes is 1.